The van der Waals surface area contributed by atoms with E-state index in [2.05, 4.69) is 58.9 Å². The lowest BCUT2D eigenvalue weighted by atomic mass is 9.78. The Morgan fingerprint density at radius 1 is 0.730 bits per heavy atom. The molecule has 0 fully saturated rings. The molecule has 0 aliphatic rings. The lowest BCUT2D eigenvalue weighted by Crippen LogP contribution is -2.19. The molecule has 0 saturated heterocycles. The zero-order valence-electron chi connectivity index (χ0n) is 20.8. The SMILES string of the molecule is C=CCOC(=O)OCCOc1ccc(C(C)(C)c2ccc(OCCOC(=O)OCC=C)c(Br)c2)cc1Br. The van der Waals surface area contributed by atoms with Crippen molar-refractivity contribution < 1.29 is 38.0 Å². The molecule has 2 aromatic rings. The zero-order valence-corrected chi connectivity index (χ0v) is 24.0. The summed E-state index contributed by atoms with van der Waals surface area (Å²) in [6.07, 6.45) is 1.39. The van der Waals surface area contributed by atoms with Gasteiger partial charge in [0.1, 0.15) is 51.1 Å². The van der Waals surface area contributed by atoms with E-state index in [1.54, 1.807) is 0 Å². The van der Waals surface area contributed by atoms with Gasteiger partial charge in [0.05, 0.1) is 8.95 Å². The first-order chi connectivity index (χ1) is 17.7. The molecule has 0 aromatic heterocycles. The van der Waals surface area contributed by atoms with Crippen molar-refractivity contribution in [3.05, 3.63) is 81.8 Å². The van der Waals surface area contributed by atoms with Crippen LogP contribution in [0, 0.1) is 0 Å². The third-order valence-corrected chi connectivity index (χ3v) is 6.31. The summed E-state index contributed by atoms with van der Waals surface area (Å²) in [6.45, 7) is 11.8. The molecule has 0 N–H and O–H groups in total. The maximum atomic E-state index is 11.3. The minimum atomic E-state index is -0.764. The van der Waals surface area contributed by atoms with Gasteiger partial charge in [0.25, 0.3) is 0 Å². The third kappa shape index (κ3) is 9.77. The first-order valence-electron chi connectivity index (χ1n) is 11.4. The van der Waals surface area contributed by atoms with Crippen LogP contribution in [0.1, 0.15) is 25.0 Å². The number of carbonyl (C=O) groups is 2. The van der Waals surface area contributed by atoms with Crippen LogP contribution < -0.4 is 9.47 Å². The fraction of sp³-hybridized carbons (Fsp3) is 0.333. The predicted octanol–water partition coefficient (Wildman–Crippen LogP) is 6.97. The lowest BCUT2D eigenvalue weighted by molar-refractivity contribution is 0.0525. The monoisotopic (exact) mass is 640 g/mol. The third-order valence-electron chi connectivity index (χ3n) is 5.07. The summed E-state index contributed by atoms with van der Waals surface area (Å²) in [4.78, 5) is 22.7. The van der Waals surface area contributed by atoms with E-state index < -0.39 is 12.3 Å². The van der Waals surface area contributed by atoms with E-state index in [9.17, 15) is 9.59 Å². The van der Waals surface area contributed by atoms with Crippen LogP contribution in [-0.2, 0) is 24.4 Å². The van der Waals surface area contributed by atoms with Gasteiger partial charge in [0, 0.05) is 5.41 Å². The van der Waals surface area contributed by atoms with Gasteiger partial charge in [0.2, 0.25) is 0 Å². The second kappa shape index (κ2) is 15.3. The molecule has 0 spiro atoms. The van der Waals surface area contributed by atoms with Gasteiger partial charge in [-0.1, -0.05) is 51.3 Å². The highest BCUT2D eigenvalue weighted by Crippen LogP contribution is 2.38. The van der Waals surface area contributed by atoms with Crippen molar-refractivity contribution in [2.75, 3.05) is 39.6 Å². The Labute approximate surface area is 233 Å². The van der Waals surface area contributed by atoms with E-state index in [1.807, 2.05) is 36.4 Å². The van der Waals surface area contributed by atoms with Crippen LogP contribution in [0.25, 0.3) is 0 Å². The molecule has 200 valence electrons. The van der Waals surface area contributed by atoms with Gasteiger partial charge in [-0.3, -0.25) is 0 Å². The minimum Gasteiger partial charge on any atom is -0.489 e. The summed E-state index contributed by atoms with van der Waals surface area (Å²) in [5, 5.41) is 0. The Morgan fingerprint density at radius 3 is 1.49 bits per heavy atom. The number of hydrogen-bond acceptors (Lipinski definition) is 8. The molecule has 0 radical (unpaired) electrons. The van der Waals surface area contributed by atoms with E-state index in [0.717, 1.165) is 20.1 Å². The smallest absolute Gasteiger partial charge is 0.489 e. The van der Waals surface area contributed by atoms with Crippen LogP contribution in [-0.4, -0.2) is 52.0 Å². The highest BCUT2D eigenvalue weighted by Gasteiger charge is 2.25. The van der Waals surface area contributed by atoms with Gasteiger partial charge in [0.15, 0.2) is 0 Å². The molecule has 37 heavy (non-hydrogen) atoms. The number of halogens is 2. The summed E-state index contributed by atoms with van der Waals surface area (Å²) in [7, 11) is 0. The number of benzene rings is 2. The van der Waals surface area contributed by atoms with Crippen LogP contribution >= 0.6 is 31.9 Å². The molecule has 0 heterocycles. The Kier molecular flexibility index (Phi) is 12.5. The molecule has 0 bridgehead atoms. The summed E-state index contributed by atoms with van der Waals surface area (Å²) < 4.78 is 32.3. The van der Waals surface area contributed by atoms with Crippen molar-refractivity contribution in [2.24, 2.45) is 0 Å². The normalized spacial score (nSPS) is 10.7. The molecule has 0 saturated carbocycles. The van der Waals surface area contributed by atoms with Gasteiger partial charge < -0.3 is 28.4 Å². The van der Waals surface area contributed by atoms with E-state index in [0.29, 0.717) is 11.5 Å². The highest BCUT2D eigenvalue weighted by molar-refractivity contribution is 9.10. The second-order valence-corrected chi connectivity index (χ2v) is 9.72. The summed E-state index contributed by atoms with van der Waals surface area (Å²) in [6, 6.07) is 11.7. The van der Waals surface area contributed by atoms with Gasteiger partial charge in [-0.25, -0.2) is 9.59 Å². The second-order valence-electron chi connectivity index (χ2n) is 8.01. The summed E-state index contributed by atoms with van der Waals surface area (Å²) in [5.74, 6) is 1.26. The number of carbonyl (C=O) groups excluding carboxylic acids is 2. The average molecular weight is 642 g/mol. The molecule has 0 aliphatic heterocycles. The molecule has 8 nitrogen and oxygen atoms in total. The minimum absolute atomic E-state index is 0.0592. The average Bonchev–Trinajstić information content (AvgIpc) is 2.87. The van der Waals surface area contributed by atoms with Crippen molar-refractivity contribution >= 4 is 44.2 Å². The van der Waals surface area contributed by atoms with Crippen LogP contribution in [0.15, 0.2) is 70.7 Å². The number of hydrogen-bond donors (Lipinski definition) is 0. The molecular formula is C27H30Br2O8. The van der Waals surface area contributed by atoms with Crippen LogP contribution in [0.4, 0.5) is 9.59 Å². The van der Waals surface area contributed by atoms with Gasteiger partial charge >= 0.3 is 12.3 Å². The van der Waals surface area contributed by atoms with Crippen molar-refractivity contribution in [3.63, 3.8) is 0 Å². The molecule has 2 aromatic carbocycles. The van der Waals surface area contributed by atoms with Crippen LogP contribution in [0.5, 0.6) is 11.5 Å². The first-order valence-corrected chi connectivity index (χ1v) is 12.9. The van der Waals surface area contributed by atoms with E-state index >= 15 is 0 Å². The fourth-order valence-corrected chi connectivity index (χ4v) is 4.06. The predicted molar refractivity (Wildman–Crippen MR) is 146 cm³/mol. The molecule has 0 aliphatic carbocycles. The van der Waals surface area contributed by atoms with E-state index in [4.69, 9.17) is 28.4 Å². The van der Waals surface area contributed by atoms with Crippen molar-refractivity contribution in [1.29, 1.82) is 0 Å². The van der Waals surface area contributed by atoms with Gasteiger partial charge in [-0.15, -0.1) is 0 Å². The highest BCUT2D eigenvalue weighted by atomic mass is 79.9. The van der Waals surface area contributed by atoms with Crippen molar-refractivity contribution in [1.82, 2.24) is 0 Å². The molecule has 0 amide bonds. The number of rotatable bonds is 14. The summed E-state index contributed by atoms with van der Waals surface area (Å²) >= 11 is 7.13. The quantitative estimate of drug-likeness (QED) is 0.124. The molecule has 0 atom stereocenters. The largest absolute Gasteiger partial charge is 0.508 e. The van der Waals surface area contributed by atoms with E-state index in [1.165, 1.54) is 12.2 Å². The maximum Gasteiger partial charge on any atom is 0.508 e. The molecule has 2 rings (SSSR count). The van der Waals surface area contributed by atoms with Crippen molar-refractivity contribution in [2.45, 2.75) is 19.3 Å². The Hall–Kier alpha value is -2.98. The van der Waals surface area contributed by atoms with Crippen LogP contribution in [0.3, 0.4) is 0 Å². The first kappa shape index (κ1) is 30.2. The summed E-state index contributed by atoms with van der Waals surface area (Å²) in [5.41, 5.74) is 1.78. The molecule has 10 heteroatoms. The fourth-order valence-electron chi connectivity index (χ4n) is 3.07. The van der Waals surface area contributed by atoms with E-state index in [-0.39, 0.29) is 45.1 Å². The topological polar surface area (TPSA) is 89.5 Å². The molecule has 0 unspecified atom stereocenters. The Morgan fingerprint density at radius 2 is 1.14 bits per heavy atom. The zero-order chi connectivity index (χ0) is 27.3. The van der Waals surface area contributed by atoms with Gasteiger partial charge in [-0.2, -0.15) is 0 Å². The lowest BCUT2D eigenvalue weighted by Gasteiger charge is -2.27. The van der Waals surface area contributed by atoms with Crippen LogP contribution in [0.2, 0.25) is 0 Å². The Balaban J connectivity index is 1.94. The molecular weight excluding hydrogens is 612 g/mol. The maximum absolute atomic E-state index is 11.3. The standard InChI is InChI=1S/C27H30Br2O8/c1-5-11-34-25(30)36-15-13-32-23-9-7-19(17-21(23)28)27(3,4)20-8-10-24(22(29)18-20)33-14-16-37-26(31)35-12-6-2/h5-10,17-18H,1-2,11-16H2,3-4H3. The Bertz CT molecular complexity index is 1000. The number of ether oxygens (including phenoxy) is 6. The van der Waals surface area contributed by atoms with Crippen molar-refractivity contribution in [3.8, 4) is 11.5 Å². The van der Waals surface area contributed by atoms with Gasteiger partial charge in [-0.05, 0) is 67.3 Å².